The van der Waals surface area contributed by atoms with Crippen LogP contribution in [0.5, 0.6) is 5.75 Å². The highest BCUT2D eigenvalue weighted by molar-refractivity contribution is 8.00. The summed E-state index contributed by atoms with van der Waals surface area (Å²) in [4.78, 5) is 27.1. The minimum absolute atomic E-state index is 0.0818. The molecule has 0 saturated carbocycles. The van der Waals surface area contributed by atoms with Crippen LogP contribution in [-0.4, -0.2) is 23.0 Å². The molecule has 214 valence electrons. The normalized spacial score (nSPS) is 11.7. The quantitative estimate of drug-likeness (QED) is 0.159. The molecule has 1 atom stereocenters. The third kappa shape index (κ3) is 6.42. The van der Waals surface area contributed by atoms with E-state index >= 15 is 0 Å². The SMILES string of the molecule is CCn1c2ccccc2c2cc(NC(=O)C(Sc3ccc(NC(=O)COc4ccccc4)cc3)c3ccccc3)ccc21. The van der Waals surface area contributed by atoms with E-state index in [9.17, 15) is 9.59 Å². The van der Waals surface area contributed by atoms with Gasteiger partial charge in [0.05, 0.1) is 0 Å². The van der Waals surface area contributed by atoms with Crippen LogP contribution < -0.4 is 15.4 Å². The molecule has 0 spiro atoms. The zero-order valence-corrected chi connectivity index (χ0v) is 24.5. The van der Waals surface area contributed by atoms with E-state index in [1.165, 1.54) is 22.7 Å². The number of anilines is 2. The highest BCUT2D eigenvalue weighted by atomic mass is 32.2. The van der Waals surface area contributed by atoms with Crippen LogP contribution in [0.15, 0.2) is 132 Å². The van der Waals surface area contributed by atoms with Gasteiger partial charge in [0.25, 0.3) is 5.91 Å². The summed E-state index contributed by atoms with van der Waals surface area (Å²) in [5.74, 6) is 0.289. The predicted molar refractivity (Wildman–Crippen MR) is 176 cm³/mol. The number of rotatable bonds is 10. The van der Waals surface area contributed by atoms with Gasteiger partial charge in [-0.3, -0.25) is 9.59 Å². The first-order valence-corrected chi connectivity index (χ1v) is 15.1. The number of nitrogens with zero attached hydrogens (tertiary/aromatic N) is 1. The average Bonchev–Trinajstić information content (AvgIpc) is 3.37. The monoisotopic (exact) mass is 585 g/mol. The van der Waals surface area contributed by atoms with Gasteiger partial charge in [-0.15, -0.1) is 11.8 Å². The van der Waals surface area contributed by atoms with Crippen molar-refractivity contribution in [3.63, 3.8) is 0 Å². The Kier molecular flexibility index (Phi) is 8.42. The summed E-state index contributed by atoms with van der Waals surface area (Å²) >= 11 is 1.46. The van der Waals surface area contributed by atoms with Gasteiger partial charge in [-0.1, -0.05) is 66.7 Å². The van der Waals surface area contributed by atoms with Gasteiger partial charge in [0.15, 0.2) is 6.61 Å². The maximum Gasteiger partial charge on any atom is 0.262 e. The zero-order chi connectivity index (χ0) is 29.6. The molecule has 0 aliphatic rings. The van der Waals surface area contributed by atoms with E-state index in [4.69, 9.17) is 4.74 Å². The van der Waals surface area contributed by atoms with Crippen molar-refractivity contribution in [1.29, 1.82) is 0 Å². The number of para-hydroxylation sites is 2. The molecule has 2 N–H and O–H groups in total. The van der Waals surface area contributed by atoms with Crippen LogP contribution in [0.4, 0.5) is 11.4 Å². The van der Waals surface area contributed by atoms with Crippen molar-refractivity contribution in [2.45, 2.75) is 23.6 Å². The third-order valence-corrected chi connectivity index (χ3v) is 8.47. The van der Waals surface area contributed by atoms with Crippen LogP contribution in [0.1, 0.15) is 17.7 Å². The van der Waals surface area contributed by atoms with E-state index in [-0.39, 0.29) is 18.4 Å². The molecule has 6 nitrogen and oxygen atoms in total. The van der Waals surface area contributed by atoms with Crippen molar-refractivity contribution in [2.75, 3.05) is 17.2 Å². The van der Waals surface area contributed by atoms with Crippen LogP contribution in [-0.2, 0) is 16.1 Å². The molecule has 1 aromatic heterocycles. The first kappa shape index (κ1) is 28.1. The smallest absolute Gasteiger partial charge is 0.262 e. The van der Waals surface area contributed by atoms with Crippen LogP contribution in [0.3, 0.4) is 0 Å². The third-order valence-electron chi connectivity index (χ3n) is 7.20. The summed E-state index contributed by atoms with van der Waals surface area (Å²) in [5.41, 5.74) is 4.66. The Balaban J connectivity index is 1.17. The molecule has 0 aliphatic carbocycles. The largest absolute Gasteiger partial charge is 0.484 e. The summed E-state index contributed by atoms with van der Waals surface area (Å²) in [6.07, 6.45) is 0. The van der Waals surface area contributed by atoms with Gasteiger partial charge in [0, 0.05) is 44.6 Å². The molecule has 0 fully saturated rings. The van der Waals surface area contributed by atoms with E-state index in [2.05, 4.69) is 52.5 Å². The second-order valence-corrected chi connectivity index (χ2v) is 11.2. The van der Waals surface area contributed by atoms with Crippen molar-refractivity contribution in [2.24, 2.45) is 0 Å². The molecule has 1 heterocycles. The van der Waals surface area contributed by atoms with E-state index in [0.717, 1.165) is 33.6 Å². The Morgan fingerprint density at radius 3 is 2.12 bits per heavy atom. The zero-order valence-electron chi connectivity index (χ0n) is 23.7. The predicted octanol–water partition coefficient (Wildman–Crippen LogP) is 8.30. The van der Waals surface area contributed by atoms with E-state index in [0.29, 0.717) is 11.4 Å². The Morgan fingerprint density at radius 2 is 1.37 bits per heavy atom. The lowest BCUT2D eigenvalue weighted by Gasteiger charge is -2.18. The number of fused-ring (bicyclic) bond motifs is 3. The number of aromatic nitrogens is 1. The first-order valence-electron chi connectivity index (χ1n) is 14.2. The Hall–Kier alpha value is -5.01. The number of hydrogen-bond donors (Lipinski definition) is 2. The van der Waals surface area contributed by atoms with Crippen LogP contribution in [0.2, 0.25) is 0 Å². The lowest BCUT2D eigenvalue weighted by molar-refractivity contribution is -0.118. The number of nitrogens with one attached hydrogen (secondary N) is 2. The molecular weight excluding hydrogens is 554 g/mol. The maximum absolute atomic E-state index is 13.8. The molecule has 0 saturated heterocycles. The van der Waals surface area contributed by atoms with Gasteiger partial charge in [0.1, 0.15) is 11.0 Å². The van der Waals surface area contributed by atoms with Crippen LogP contribution >= 0.6 is 11.8 Å². The van der Waals surface area contributed by atoms with E-state index in [1.54, 1.807) is 0 Å². The highest BCUT2D eigenvalue weighted by Crippen LogP contribution is 2.37. The van der Waals surface area contributed by atoms with Crippen molar-refractivity contribution in [3.8, 4) is 5.75 Å². The van der Waals surface area contributed by atoms with Crippen LogP contribution in [0, 0.1) is 0 Å². The molecule has 6 rings (SSSR count). The standard InChI is InChI=1S/C36H31N3O3S/c1-2-39-32-16-10-9-15-30(32)31-23-27(19-22-33(31)39)38-36(41)35(25-11-5-3-6-12-25)43-29-20-17-26(18-21-29)37-34(40)24-42-28-13-7-4-8-14-28/h3-23,35H,2,24H2,1H3,(H,37,40)(H,38,41). The average molecular weight is 586 g/mol. The minimum atomic E-state index is -0.478. The molecule has 6 aromatic rings. The topological polar surface area (TPSA) is 72.4 Å². The van der Waals surface area contributed by atoms with Crippen LogP contribution in [0.25, 0.3) is 21.8 Å². The van der Waals surface area contributed by atoms with Gasteiger partial charge in [-0.05, 0) is 73.2 Å². The van der Waals surface area contributed by atoms with Crippen molar-refractivity contribution in [1.82, 2.24) is 4.57 Å². The molecule has 0 bridgehead atoms. The molecule has 0 radical (unpaired) electrons. The Bertz CT molecular complexity index is 1870. The molecule has 5 aromatic carbocycles. The molecule has 1 unspecified atom stereocenters. The van der Waals surface area contributed by atoms with E-state index < -0.39 is 5.25 Å². The molecule has 2 amide bonds. The van der Waals surface area contributed by atoms with Gasteiger partial charge in [-0.2, -0.15) is 0 Å². The molecule has 7 heteroatoms. The molecule has 0 aliphatic heterocycles. The number of hydrogen-bond acceptors (Lipinski definition) is 4. The molecular formula is C36H31N3O3S. The summed E-state index contributed by atoms with van der Waals surface area (Å²) in [6, 6.07) is 41.0. The summed E-state index contributed by atoms with van der Waals surface area (Å²) in [5, 5.41) is 7.84. The van der Waals surface area contributed by atoms with Gasteiger partial charge in [0.2, 0.25) is 5.91 Å². The number of benzene rings is 5. The minimum Gasteiger partial charge on any atom is -0.484 e. The maximum atomic E-state index is 13.8. The lowest BCUT2D eigenvalue weighted by Crippen LogP contribution is -2.20. The Morgan fingerprint density at radius 1 is 0.721 bits per heavy atom. The summed E-state index contributed by atoms with van der Waals surface area (Å²) < 4.78 is 7.82. The van der Waals surface area contributed by atoms with E-state index in [1.807, 2.05) is 97.1 Å². The summed E-state index contributed by atoms with van der Waals surface area (Å²) in [7, 11) is 0. The lowest BCUT2D eigenvalue weighted by atomic mass is 10.1. The number of ether oxygens (including phenoxy) is 1. The number of amides is 2. The van der Waals surface area contributed by atoms with Crippen molar-refractivity contribution in [3.05, 3.63) is 133 Å². The fourth-order valence-corrected chi connectivity index (χ4v) is 6.22. The number of carbonyl (C=O) groups excluding carboxylic acids is 2. The highest BCUT2D eigenvalue weighted by Gasteiger charge is 2.23. The van der Waals surface area contributed by atoms with Gasteiger partial charge < -0.3 is 19.9 Å². The number of aryl methyl sites for hydroxylation is 1. The fourth-order valence-electron chi connectivity index (χ4n) is 5.20. The second kappa shape index (κ2) is 12.9. The molecule has 43 heavy (non-hydrogen) atoms. The van der Waals surface area contributed by atoms with Gasteiger partial charge in [-0.25, -0.2) is 0 Å². The van der Waals surface area contributed by atoms with Crippen molar-refractivity contribution < 1.29 is 14.3 Å². The first-order chi connectivity index (χ1) is 21.1. The Labute approximate surface area is 254 Å². The number of carbonyl (C=O) groups is 2. The second-order valence-electron chi connectivity index (χ2n) is 10.1. The summed E-state index contributed by atoms with van der Waals surface area (Å²) in [6.45, 7) is 2.93. The van der Waals surface area contributed by atoms with Crippen molar-refractivity contribution >= 4 is 56.8 Å². The fraction of sp³-hybridized carbons (Fsp3) is 0.111. The van der Waals surface area contributed by atoms with Gasteiger partial charge >= 0.3 is 0 Å². The number of thioether (sulfide) groups is 1.